The molecule has 0 aromatic heterocycles. The molecule has 0 bridgehead atoms. The average molecular weight is 348 g/mol. The van der Waals surface area contributed by atoms with Crippen LogP contribution in [0.25, 0.3) is 0 Å². The lowest BCUT2D eigenvalue weighted by molar-refractivity contribution is 0.208. The van der Waals surface area contributed by atoms with Gasteiger partial charge in [0.15, 0.2) is 0 Å². The van der Waals surface area contributed by atoms with Crippen molar-refractivity contribution in [3.05, 3.63) is 59.2 Å². The molecule has 1 aliphatic heterocycles. The van der Waals surface area contributed by atoms with Gasteiger partial charge in [0.05, 0.1) is 11.3 Å². The fourth-order valence-corrected chi connectivity index (χ4v) is 3.47. The molecule has 1 N–H and O–H groups in total. The highest BCUT2D eigenvalue weighted by Crippen LogP contribution is 2.27. The van der Waals surface area contributed by atoms with Crippen molar-refractivity contribution in [2.45, 2.75) is 20.3 Å². The number of urea groups is 1. The van der Waals surface area contributed by atoms with Crippen molar-refractivity contribution in [1.82, 2.24) is 4.90 Å². The molecule has 3 rings (SSSR count). The molecule has 1 heterocycles. The van der Waals surface area contributed by atoms with Gasteiger partial charge in [0, 0.05) is 31.9 Å². The average Bonchev–Trinajstić information content (AvgIpc) is 2.68. The third kappa shape index (κ3) is 3.65. The van der Waals surface area contributed by atoms with E-state index in [0.717, 1.165) is 19.5 Å². The Morgan fingerprint density at radius 1 is 1.12 bits per heavy atom. The van der Waals surface area contributed by atoms with Crippen LogP contribution in [-0.2, 0) is 6.42 Å². The predicted molar refractivity (Wildman–Crippen MR) is 105 cm³/mol. The van der Waals surface area contributed by atoms with Crippen molar-refractivity contribution in [2.75, 3.05) is 36.4 Å². The molecule has 2 aromatic rings. The summed E-state index contributed by atoms with van der Waals surface area (Å²) in [6.07, 6.45) is 1.00. The van der Waals surface area contributed by atoms with Crippen LogP contribution in [-0.4, -0.2) is 37.1 Å². The Morgan fingerprint density at radius 3 is 2.54 bits per heavy atom. The highest BCUT2D eigenvalue weighted by Gasteiger charge is 2.23. The van der Waals surface area contributed by atoms with Gasteiger partial charge in [0.1, 0.15) is 6.07 Å². The highest BCUT2D eigenvalue weighted by atomic mass is 16.2. The van der Waals surface area contributed by atoms with Crippen molar-refractivity contribution in [2.24, 2.45) is 0 Å². The number of aryl methyl sites for hydroxylation is 2. The van der Waals surface area contributed by atoms with Crippen LogP contribution < -0.4 is 10.2 Å². The molecule has 26 heavy (non-hydrogen) atoms. The van der Waals surface area contributed by atoms with E-state index in [-0.39, 0.29) is 6.03 Å². The Kier molecular flexibility index (Phi) is 5.43. The largest absolute Gasteiger partial charge is 0.368 e. The summed E-state index contributed by atoms with van der Waals surface area (Å²) < 4.78 is 0. The zero-order valence-electron chi connectivity index (χ0n) is 15.3. The number of nitriles is 1. The van der Waals surface area contributed by atoms with Crippen LogP contribution in [0.4, 0.5) is 16.2 Å². The van der Waals surface area contributed by atoms with Crippen LogP contribution in [0.15, 0.2) is 42.5 Å². The fourth-order valence-electron chi connectivity index (χ4n) is 3.47. The van der Waals surface area contributed by atoms with Gasteiger partial charge < -0.3 is 15.1 Å². The summed E-state index contributed by atoms with van der Waals surface area (Å²) in [6, 6.07) is 15.5. The summed E-state index contributed by atoms with van der Waals surface area (Å²) in [7, 11) is 0. The molecule has 0 aliphatic carbocycles. The van der Waals surface area contributed by atoms with E-state index in [1.165, 1.54) is 16.8 Å². The molecular formula is C21H24N4O. The molecule has 5 nitrogen and oxygen atoms in total. The number of piperazine rings is 1. The van der Waals surface area contributed by atoms with Crippen molar-refractivity contribution in [3.8, 4) is 6.07 Å². The zero-order chi connectivity index (χ0) is 18.5. The minimum atomic E-state index is -0.146. The number of amides is 2. The van der Waals surface area contributed by atoms with Gasteiger partial charge in [0.2, 0.25) is 0 Å². The quantitative estimate of drug-likeness (QED) is 0.918. The third-order valence-corrected chi connectivity index (χ3v) is 4.87. The van der Waals surface area contributed by atoms with Crippen molar-refractivity contribution in [3.63, 3.8) is 0 Å². The number of hydrogen-bond acceptors (Lipinski definition) is 3. The molecule has 1 saturated heterocycles. The molecular weight excluding hydrogens is 324 g/mol. The first kappa shape index (κ1) is 17.8. The molecule has 0 atom stereocenters. The van der Waals surface area contributed by atoms with Crippen LogP contribution in [0, 0.1) is 18.3 Å². The molecule has 0 unspecified atom stereocenters. The normalized spacial score (nSPS) is 14.0. The minimum Gasteiger partial charge on any atom is -0.368 e. The zero-order valence-corrected chi connectivity index (χ0v) is 15.3. The van der Waals surface area contributed by atoms with E-state index in [4.69, 9.17) is 5.26 Å². The molecule has 0 spiro atoms. The molecule has 2 amide bonds. The van der Waals surface area contributed by atoms with Crippen molar-refractivity contribution >= 4 is 17.4 Å². The first-order chi connectivity index (χ1) is 12.6. The maximum Gasteiger partial charge on any atom is 0.322 e. The van der Waals surface area contributed by atoms with Crippen molar-refractivity contribution in [1.29, 1.82) is 5.26 Å². The topological polar surface area (TPSA) is 59.4 Å². The Morgan fingerprint density at radius 2 is 1.85 bits per heavy atom. The second-order valence-electron chi connectivity index (χ2n) is 6.50. The van der Waals surface area contributed by atoms with Gasteiger partial charge in [-0.3, -0.25) is 0 Å². The fraction of sp³-hybridized carbons (Fsp3) is 0.333. The summed E-state index contributed by atoms with van der Waals surface area (Å²) in [5.41, 5.74) is 4.99. The molecule has 0 radical (unpaired) electrons. The molecule has 1 fully saturated rings. The van der Waals surface area contributed by atoms with Gasteiger partial charge in [-0.05, 0) is 36.6 Å². The number of carbonyl (C=O) groups excluding carboxylic acids is 1. The standard InChI is InChI=1S/C21H24N4O/c1-3-17-9-6-7-16(2)20(17)24-11-13-25(14-12-24)21(26)23-19-10-5-4-8-18(19)15-22/h4-10H,3,11-14H2,1-2H3,(H,23,26). The predicted octanol–water partition coefficient (Wildman–Crippen LogP) is 3.78. The Bertz CT molecular complexity index is 832. The van der Waals surface area contributed by atoms with E-state index in [1.807, 2.05) is 11.0 Å². The molecule has 1 aliphatic rings. The van der Waals surface area contributed by atoms with E-state index in [1.54, 1.807) is 18.2 Å². The molecule has 0 saturated carbocycles. The highest BCUT2D eigenvalue weighted by molar-refractivity contribution is 5.91. The SMILES string of the molecule is CCc1cccc(C)c1N1CCN(C(=O)Nc2ccccc2C#N)CC1. The van der Waals surface area contributed by atoms with Crippen LogP contribution in [0.2, 0.25) is 0 Å². The van der Waals surface area contributed by atoms with Gasteiger partial charge in [0.25, 0.3) is 0 Å². The summed E-state index contributed by atoms with van der Waals surface area (Å²) in [5.74, 6) is 0. The smallest absolute Gasteiger partial charge is 0.322 e. The van der Waals surface area contributed by atoms with E-state index >= 15 is 0 Å². The maximum absolute atomic E-state index is 12.6. The van der Waals surface area contributed by atoms with Crippen LogP contribution >= 0.6 is 0 Å². The summed E-state index contributed by atoms with van der Waals surface area (Å²) in [5, 5.41) is 12.0. The van der Waals surface area contributed by atoms with E-state index in [2.05, 4.69) is 48.3 Å². The number of nitrogens with zero attached hydrogens (tertiary/aromatic N) is 3. The van der Waals surface area contributed by atoms with Crippen molar-refractivity contribution < 1.29 is 4.79 Å². The van der Waals surface area contributed by atoms with Crippen LogP contribution in [0.1, 0.15) is 23.6 Å². The Balaban J connectivity index is 1.66. The third-order valence-electron chi connectivity index (χ3n) is 4.87. The van der Waals surface area contributed by atoms with E-state index < -0.39 is 0 Å². The van der Waals surface area contributed by atoms with E-state index in [0.29, 0.717) is 24.3 Å². The number of nitrogens with one attached hydrogen (secondary N) is 1. The number of para-hydroxylation sites is 2. The summed E-state index contributed by atoms with van der Waals surface area (Å²) in [4.78, 5) is 16.7. The summed E-state index contributed by atoms with van der Waals surface area (Å²) in [6.45, 7) is 7.27. The van der Waals surface area contributed by atoms with Crippen LogP contribution in [0.3, 0.4) is 0 Å². The number of hydrogen-bond donors (Lipinski definition) is 1. The van der Waals surface area contributed by atoms with Crippen LogP contribution in [0.5, 0.6) is 0 Å². The Hall–Kier alpha value is -3.00. The molecule has 5 heteroatoms. The molecule has 134 valence electrons. The second kappa shape index (κ2) is 7.92. The van der Waals surface area contributed by atoms with Gasteiger partial charge in [-0.25, -0.2) is 4.79 Å². The molecule has 2 aromatic carbocycles. The number of carbonyl (C=O) groups is 1. The lowest BCUT2D eigenvalue weighted by atomic mass is 10.0. The van der Waals surface area contributed by atoms with Gasteiger partial charge >= 0.3 is 6.03 Å². The van der Waals surface area contributed by atoms with E-state index in [9.17, 15) is 4.79 Å². The lowest BCUT2D eigenvalue weighted by Crippen LogP contribution is -2.50. The number of benzene rings is 2. The van der Waals surface area contributed by atoms with Gasteiger partial charge in [-0.15, -0.1) is 0 Å². The summed E-state index contributed by atoms with van der Waals surface area (Å²) >= 11 is 0. The maximum atomic E-state index is 12.6. The second-order valence-corrected chi connectivity index (χ2v) is 6.50. The minimum absolute atomic E-state index is 0.146. The first-order valence-electron chi connectivity index (χ1n) is 9.02. The number of anilines is 2. The first-order valence-corrected chi connectivity index (χ1v) is 9.02. The lowest BCUT2D eigenvalue weighted by Gasteiger charge is -2.37. The van der Waals surface area contributed by atoms with Gasteiger partial charge in [-0.1, -0.05) is 37.3 Å². The monoisotopic (exact) mass is 348 g/mol. The van der Waals surface area contributed by atoms with Gasteiger partial charge in [-0.2, -0.15) is 5.26 Å². The number of rotatable bonds is 3. The Labute approximate surface area is 154 Å².